The first-order valence-corrected chi connectivity index (χ1v) is 16.8. The topological polar surface area (TPSA) is 116 Å². The zero-order valence-electron chi connectivity index (χ0n) is 25.2. The van der Waals surface area contributed by atoms with E-state index in [1.807, 2.05) is 13.0 Å². The molecule has 41 heavy (non-hydrogen) atoms. The molecule has 2 aliphatic rings. The van der Waals surface area contributed by atoms with Gasteiger partial charge in [-0.15, -0.1) is 0 Å². The molecule has 3 aromatic rings. The minimum absolute atomic E-state index is 0.111. The molecule has 0 aliphatic carbocycles. The maximum atomic E-state index is 13.8. The fraction of sp³-hybridized carbons (Fsp3) is 0.562. The van der Waals surface area contributed by atoms with Crippen LogP contribution in [0.25, 0.3) is 22.0 Å². The maximum Gasteiger partial charge on any atom is 0.256 e. The molecule has 2 aliphatic heterocycles. The summed E-state index contributed by atoms with van der Waals surface area (Å²) in [5.74, 6) is 1.81. The molecular formula is C32H45N5O3S. The third-order valence-electron chi connectivity index (χ3n) is 9.37. The molecule has 222 valence electrons. The Morgan fingerprint density at radius 1 is 1.05 bits per heavy atom. The van der Waals surface area contributed by atoms with Crippen molar-refractivity contribution in [3.8, 4) is 11.1 Å². The average Bonchev–Trinajstić information content (AvgIpc) is 3.61. The van der Waals surface area contributed by atoms with Crippen LogP contribution in [0.1, 0.15) is 69.7 Å². The number of fused-ring (bicyclic) bond motifs is 1. The summed E-state index contributed by atoms with van der Waals surface area (Å²) >= 11 is 0. The Morgan fingerprint density at radius 3 is 2.37 bits per heavy atom. The molecule has 2 aromatic heterocycles. The number of sulfonamides is 1. The quantitative estimate of drug-likeness (QED) is 0.287. The second-order valence-electron chi connectivity index (χ2n) is 13.2. The summed E-state index contributed by atoms with van der Waals surface area (Å²) in [7, 11) is -3.47. The zero-order valence-corrected chi connectivity index (χ0v) is 26.0. The predicted molar refractivity (Wildman–Crippen MR) is 168 cm³/mol. The van der Waals surface area contributed by atoms with Gasteiger partial charge in [-0.05, 0) is 117 Å². The monoisotopic (exact) mass is 579 g/mol. The van der Waals surface area contributed by atoms with Gasteiger partial charge in [0, 0.05) is 16.6 Å². The Bertz CT molecular complexity index is 1580. The molecule has 4 N–H and O–H groups in total. The van der Waals surface area contributed by atoms with Gasteiger partial charge in [0.05, 0.1) is 29.2 Å². The molecule has 0 spiro atoms. The average molecular weight is 580 g/mol. The number of aryl methyl sites for hydroxylation is 1. The van der Waals surface area contributed by atoms with E-state index in [0.717, 1.165) is 73.0 Å². The van der Waals surface area contributed by atoms with Crippen molar-refractivity contribution >= 4 is 26.6 Å². The number of nitrogens with one attached hydrogen (secondary N) is 4. The Labute approximate surface area is 244 Å². The number of H-pyrrole nitrogens is 1. The fourth-order valence-electron chi connectivity index (χ4n) is 7.06. The molecule has 0 amide bonds. The van der Waals surface area contributed by atoms with Crippen LogP contribution >= 0.6 is 0 Å². The molecule has 4 atom stereocenters. The number of benzene rings is 1. The molecule has 1 aromatic carbocycles. The van der Waals surface area contributed by atoms with E-state index in [2.05, 4.69) is 66.2 Å². The van der Waals surface area contributed by atoms with Gasteiger partial charge in [-0.2, -0.15) is 0 Å². The van der Waals surface area contributed by atoms with E-state index < -0.39 is 10.0 Å². The van der Waals surface area contributed by atoms with Crippen LogP contribution in [0.4, 0.5) is 5.69 Å². The lowest BCUT2D eigenvalue weighted by Gasteiger charge is -2.32. The molecule has 0 saturated carbocycles. The van der Waals surface area contributed by atoms with Crippen molar-refractivity contribution in [3.05, 3.63) is 57.6 Å². The Hall–Kier alpha value is -2.75. The number of pyridine rings is 2. The summed E-state index contributed by atoms with van der Waals surface area (Å²) in [5, 5.41) is 7.79. The van der Waals surface area contributed by atoms with Crippen molar-refractivity contribution in [1.29, 1.82) is 0 Å². The van der Waals surface area contributed by atoms with Crippen LogP contribution in [0, 0.1) is 24.7 Å². The van der Waals surface area contributed by atoms with E-state index >= 15 is 0 Å². The summed E-state index contributed by atoms with van der Waals surface area (Å²) in [6, 6.07) is 8.26. The van der Waals surface area contributed by atoms with Crippen LogP contribution in [-0.4, -0.2) is 50.8 Å². The van der Waals surface area contributed by atoms with Crippen molar-refractivity contribution in [1.82, 2.24) is 20.6 Å². The number of anilines is 1. The fourth-order valence-corrected chi connectivity index (χ4v) is 7.60. The molecule has 8 nitrogen and oxygen atoms in total. The zero-order chi connectivity index (χ0) is 29.5. The molecule has 9 heteroatoms. The Balaban J connectivity index is 1.70. The molecule has 0 bridgehead atoms. The number of hydrogen-bond acceptors (Lipinski definition) is 6. The summed E-state index contributed by atoms with van der Waals surface area (Å²) < 4.78 is 26.6. The largest absolute Gasteiger partial charge is 0.326 e. The standard InChI is InChI=1S/C32H45N5O3S/c1-19(22-7-9-33-16-22)15-32(4,5)25-12-24-13-26(37-41(6,39)40)18-35-30(24)28(14-25)29-27(11-20(2)36-31(29)38)21(3)23-8-10-34-17-23/h11-14,18-19,21-23,33-34,37H,7-10,15-17H2,1-6H3,(H,36,38). The van der Waals surface area contributed by atoms with E-state index in [9.17, 15) is 13.2 Å². The summed E-state index contributed by atoms with van der Waals surface area (Å²) in [6.07, 6.45) is 5.95. The van der Waals surface area contributed by atoms with Gasteiger partial charge in [0.15, 0.2) is 0 Å². The Morgan fingerprint density at radius 2 is 1.73 bits per heavy atom. The highest BCUT2D eigenvalue weighted by Crippen LogP contribution is 2.41. The van der Waals surface area contributed by atoms with E-state index in [0.29, 0.717) is 34.5 Å². The lowest BCUT2D eigenvalue weighted by atomic mass is 9.73. The number of hydrogen-bond donors (Lipinski definition) is 4. The maximum absolute atomic E-state index is 13.8. The van der Waals surface area contributed by atoms with Gasteiger partial charge < -0.3 is 15.6 Å². The first-order valence-electron chi connectivity index (χ1n) is 14.9. The minimum atomic E-state index is -3.47. The summed E-state index contributed by atoms with van der Waals surface area (Å²) in [4.78, 5) is 21.6. The first-order chi connectivity index (χ1) is 19.3. The number of rotatable bonds is 9. The normalized spacial score (nSPS) is 21.3. The highest BCUT2D eigenvalue weighted by atomic mass is 32.2. The molecule has 4 heterocycles. The second-order valence-corrected chi connectivity index (χ2v) is 14.9. The van der Waals surface area contributed by atoms with E-state index in [1.54, 1.807) is 6.20 Å². The third kappa shape index (κ3) is 6.52. The van der Waals surface area contributed by atoms with Crippen molar-refractivity contribution in [2.24, 2.45) is 17.8 Å². The number of aromatic amines is 1. The third-order valence-corrected chi connectivity index (χ3v) is 9.97. The molecule has 2 fully saturated rings. The van der Waals surface area contributed by atoms with E-state index in [1.165, 1.54) is 6.42 Å². The Kier molecular flexibility index (Phi) is 8.34. The van der Waals surface area contributed by atoms with Gasteiger partial charge in [-0.3, -0.25) is 14.5 Å². The van der Waals surface area contributed by atoms with Crippen LogP contribution in [0.3, 0.4) is 0 Å². The van der Waals surface area contributed by atoms with Gasteiger partial charge in [0.2, 0.25) is 10.0 Å². The van der Waals surface area contributed by atoms with Crippen molar-refractivity contribution in [3.63, 3.8) is 0 Å². The van der Waals surface area contributed by atoms with Crippen LogP contribution in [0.2, 0.25) is 0 Å². The van der Waals surface area contributed by atoms with Crippen molar-refractivity contribution in [2.45, 2.75) is 65.2 Å². The highest BCUT2D eigenvalue weighted by molar-refractivity contribution is 7.92. The van der Waals surface area contributed by atoms with Gasteiger partial charge in [-0.1, -0.05) is 27.7 Å². The molecule has 5 rings (SSSR count). The van der Waals surface area contributed by atoms with Gasteiger partial charge in [0.1, 0.15) is 0 Å². The van der Waals surface area contributed by atoms with E-state index in [-0.39, 0.29) is 16.9 Å². The lowest BCUT2D eigenvalue weighted by molar-refractivity contribution is 0.294. The summed E-state index contributed by atoms with van der Waals surface area (Å²) in [6.45, 7) is 15.1. The molecule has 0 radical (unpaired) electrons. The summed E-state index contributed by atoms with van der Waals surface area (Å²) in [5.41, 5.74) is 5.31. The molecule has 4 unspecified atom stereocenters. The van der Waals surface area contributed by atoms with Gasteiger partial charge >= 0.3 is 0 Å². The van der Waals surface area contributed by atoms with Crippen molar-refractivity contribution < 1.29 is 8.42 Å². The lowest BCUT2D eigenvalue weighted by Crippen LogP contribution is -2.26. The minimum Gasteiger partial charge on any atom is -0.326 e. The van der Waals surface area contributed by atoms with Crippen LogP contribution in [0.15, 0.2) is 35.3 Å². The second kappa shape index (κ2) is 11.5. The predicted octanol–water partition coefficient (Wildman–Crippen LogP) is 4.90. The number of nitrogens with zero attached hydrogens (tertiary/aromatic N) is 1. The molecular weight excluding hydrogens is 534 g/mol. The first kappa shape index (κ1) is 29.7. The van der Waals surface area contributed by atoms with Crippen LogP contribution < -0.4 is 20.9 Å². The van der Waals surface area contributed by atoms with Crippen molar-refractivity contribution in [2.75, 3.05) is 37.2 Å². The SMILES string of the molecule is Cc1cc(C(C)C2CCNC2)c(-c2cc(C(C)(C)CC(C)C3CCNC3)cc3cc(NS(C)(=O)=O)cnc23)c(=O)[nH]1. The molecule has 2 saturated heterocycles. The van der Waals surface area contributed by atoms with Crippen LogP contribution in [-0.2, 0) is 15.4 Å². The van der Waals surface area contributed by atoms with Gasteiger partial charge in [0.25, 0.3) is 5.56 Å². The smallest absolute Gasteiger partial charge is 0.256 e. The van der Waals surface area contributed by atoms with Crippen LogP contribution in [0.5, 0.6) is 0 Å². The van der Waals surface area contributed by atoms with E-state index in [4.69, 9.17) is 4.98 Å². The number of aromatic nitrogens is 2. The van der Waals surface area contributed by atoms with Gasteiger partial charge in [-0.25, -0.2) is 8.42 Å². The highest BCUT2D eigenvalue weighted by Gasteiger charge is 2.32.